The van der Waals surface area contributed by atoms with Crippen LogP contribution >= 0.6 is 11.3 Å². The highest BCUT2D eigenvalue weighted by Crippen LogP contribution is 2.28. The monoisotopic (exact) mass is 618 g/mol. The first-order valence-corrected chi connectivity index (χ1v) is 15.4. The van der Waals surface area contributed by atoms with Gasteiger partial charge in [0.25, 0.3) is 17.7 Å². The molecule has 5 amide bonds. The van der Waals surface area contributed by atoms with Crippen molar-refractivity contribution in [3.63, 3.8) is 0 Å². The standard InChI is InChI=1S/C31H34N6O6S/c1-2-20-29(41)36-23(14-18-8-4-3-5-9-18)31-37-24(17-44-31)28(40)32-13-7-6-10-22(30(42)34-20)35-27(39)19-11-12-21-25(15-19)43-16-26(38)33-21/h3-5,8-9,11-12,15,17,20,22-23H,2,6-7,10,13-14,16H2,1H3,(H,32,40)(H,33,38)(H,34,42)(H,35,39)(H,36,41)/t20-,22+,23+/m1/s1. The van der Waals surface area contributed by atoms with Crippen LogP contribution in [0.25, 0.3) is 0 Å². The van der Waals surface area contributed by atoms with Gasteiger partial charge in [0.15, 0.2) is 6.61 Å². The van der Waals surface area contributed by atoms with Gasteiger partial charge in [-0.05, 0) is 55.9 Å². The second-order valence-corrected chi connectivity index (χ2v) is 11.5. The number of anilines is 1. The molecule has 0 spiro atoms. The molecule has 44 heavy (non-hydrogen) atoms. The van der Waals surface area contributed by atoms with Crippen molar-refractivity contribution in [1.29, 1.82) is 0 Å². The van der Waals surface area contributed by atoms with Crippen LogP contribution in [0.3, 0.4) is 0 Å². The van der Waals surface area contributed by atoms with E-state index < -0.39 is 35.8 Å². The van der Waals surface area contributed by atoms with Crippen molar-refractivity contribution in [3.8, 4) is 5.75 Å². The Morgan fingerprint density at radius 3 is 2.61 bits per heavy atom. The van der Waals surface area contributed by atoms with Crippen LogP contribution in [-0.4, -0.2) is 59.8 Å². The summed E-state index contributed by atoms with van der Waals surface area (Å²) in [4.78, 5) is 69.2. The molecule has 5 rings (SSSR count). The number of amides is 5. The third-order valence-corrected chi connectivity index (χ3v) is 8.36. The Hall–Kier alpha value is -4.78. The molecule has 0 saturated carbocycles. The minimum atomic E-state index is -0.941. The van der Waals surface area contributed by atoms with Gasteiger partial charge in [0, 0.05) is 17.5 Å². The van der Waals surface area contributed by atoms with E-state index in [0.29, 0.717) is 48.7 Å². The van der Waals surface area contributed by atoms with Crippen molar-refractivity contribution < 1.29 is 28.7 Å². The van der Waals surface area contributed by atoms with E-state index in [0.717, 1.165) is 5.56 Å². The van der Waals surface area contributed by atoms with Crippen molar-refractivity contribution >= 4 is 46.6 Å². The Morgan fingerprint density at radius 2 is 1.82 bits per heavy atom. The molecule has 0 unspecified atom stereocenters. The summed E-state index contributed by atoms with van der Waals surface area (Å²) < 4.78 is 5.42. The Kier molecular flexibility index (Phi) is 9.85. The molecule has 1 aromatic heterocycles. The number of carbonyl (C=O) groups excluding carboxylic acids is 5. The molecule has 230 valence electrons. The Bertz CT molecular complexity index is 1540. The van der Waals surface area contributed by atoms with Crippen LogP contribution in [0.15, 0.2) is 53.9 Å². The SMILES string of the molecule is CC[C@H]1NC(=O)[C@@H](NC(=O)c2ccc3c(c2)OCC(=O)N3)CCCCNC(=O)c2csc(n2)[C@H](Cc2ccccc2)NC1=O. The van der Waals surface area contributed by atoms with Crippen LogP contribution in [0.2, 0.25) is 0 Å². The molecule has 0 saturated heterocycles. The van der Waals surface area contributed by atoms with Crippen LogP contribution < -0.4 is 31.3 Å². The maximum Gasteiger partial charge on any atom is 0.270 e. The number of thiazole rings is 1. The van der Waals surface area contributed by atoms with Gasteiger partial charge in [-0.25, -0.2) is 4.98 Å². The second-order valence-electron chi connectivity index (χ2n) is 10.6. The zero-order valence-electron chi connectivity index (χ0n) is 24.2. The van der Waals surface area contributed by atoms with Gasteiger partial charge in [0.1, 0.15) is 28.5 Å². The van der Waals surface area contributed by atoms with Crippen molar-refractivity contribution in [3.05, 3.63) is 75.7 Å². The number of benzene rings is 2. The lowest BCUT2D eigenvalue weighted by atomic mass is 10.0. The van der Waals surface area contributed by atoms with E-state index in [4.69, 9.17) is 4.74 Å². The lowest BCUT2D eigenvalue weighted by molar-refractivity contribution is -0.130. The van der Waals surface area contributed by atoms with Crippen molar-refractivity contribution in [1.82, 2.24) is 26.3 Å². The number of carbonyl (C=O) groups is 5. The summed E-state index contributed by atoms with van der Waals surface area (Å²) in [5.41, 5.74) is 1.97. The highest BCUT2D eigenvalue weighted by atomic mass is 32.1. The second kappa shape index (κ2) is 14.1. The number of ether oxygens (including phenoxy) is 1. The number of hydrogen-bond acceptors (Lipinski definition) is 8. The van der Waals surface area contributed by atoms with Crippen molar-refractivity contribution in [2.45, 2.75) is 57.2 Å². The molecule has 2 aromatic carbocycles. The quantitative estimate of drug-likeness (QED) is 0.293. The predicted molar refractivity (Wildman–Crippen MR) is 163 cm³/mol. The minimum absolute atomic E-state index is 0.157. The minimum Gasteiger partial charge on any atom is -0.482 e. The van der Waals surface area contributed by atoms with Gasteiger partial charge in [-0.2, -0.15) is 0 Å². The van der Waals surface area contributed by atoms with Gasteiger partial charge >= 0.3 is 0 Å². The molecule has 0 fully saturated rings. The molecular formula is C31H34N6O6S. The van der Waals surface area contributed by atoms with Gasteiger partial charge < -0.3 is 31.3 Å². The molecular weight excluding hydrogens is 584 g/mol. The molecule has 13 heteroatoms. The first-order chi connectivity index (χ1) is 21.3. The third-order valence-electron chi connectivity index (χ3n) is 7.40. The largest absolute Gasteiger partial charge is 0.482 e. The summed E-state index contributed by atoms with van der Waals surface area (Å²) in [5, 5.41) is 16.4. The molecule has 3 aromatic rings. The Balaban J connectivity index is 1.35. The normalized spacial score (nSPS) is 21.1. The zero-order valence-corrected chi connectivity index (χ0v) is 25.0. The van der Waals surface area contributed by atoms with Crippen LogP contribution in [0.4, 0.5) is 5.69 Å². The maximum absolute atomic E-state index is 13.5. The fourth-order valence-electron chi connectivity index (χ4n) is 4.99. The van der Waals surface area contributed by atoms with E-state index >= 15 is 0 Å². The van der Waals surface area contributed by atoms with Gasteiger partial charge in [-0.3, -0.25) is 24.0 Å². The molecule has 3 atom stereocenters. The lowest BCUT2D eigenvalue weighted by Gasteiger charge is -2.25. The predicted octanol–water partition coefficient (Wildman–Crippen LogP) is 2.48. The van der Waals surface area contributed by atoms with Crippen LogP contribution in [-0.2, 0) is 20.8 Å². The Morgan fingerprint density at radius 1 is 1.02 bits per heavy atom. The fraction of sp³-hybridized carbons (Fsp3) is 0.355. The summed E-state index contributed by atoms with van der Waals surface area (Å²) in [7, 11) is 0. The smallest absolute Gasteiger partial charge is 0.270 e. The van der Waals surface area contributed by atoms with Crippen LogP contribution in [0.1, 0.15) is 70.1 Å². The van der Waals surface area contributed by atoms with E-state index in [1.54, 1.807) is 18.4 Å². The summed E-state index contributed by atoms with van der Waals surface area (Å²) >= 11 is 1.29. The first kappa shape index (κ1) is 30.7. The maximum atomic E-state index is 13.5. The molecule has 2 aliphatic rings. The van der Waals surface area contributed by atoms with E-state index in [1.807, 2.05) is 30.3 Å². The number of nitrogens with zero attached hydrogens (tertiary/aromatic N) is 1. The van der Waals surface area contributed by atoms with Gasteiger partial charge in [-0.1, -0.05) is 37.3 Å². The number of hydrogen-bond donors (Lipinski definition) is 5. The van der Waals surface area contributed by atoms with Gasteiger partial charge in [-0.15, -0.1) is 11.3 Å². The molecule has 2 bridgehead atoms. The molecule has 12 nitrogen and oxygen atoms in total. The third kappa shape index (κ3) is 7.59. The van der Waals surface area contributed by atoms with E-state index in [2.05, 4.69) is 31.6 Å². The topological polar surface area (TPSA) is 168 Å². The molecule has 0 aliphatic carbocycles. The van der Waals surface area contributed by atoms with E-state index in [1.165, 1.54) is 23.5 Å². The van der Waals surface area contributed by atoms with E-state index in [-0.39, 0.29) is 36.1 Å². The zero-order chi connectivity index (χ0) is 31.1. The number of aromatic nitrogens is 1. The summed E-state index contributed by atoms with van der Waals surface area (Å²) in [6.07, 6.45) is 2.11. The van der Waals surface area contributed by atoms with Crippen LogP contribution in [0.5, 0.6) is 5.75 Å². The fourth-order valence-corrected chi connectivity index (χ4v) is 5.84. The highest BCUT2D eigenvalue weighted by Gasteiger charge is 2.29. The van der Waals surface area contributed by atoms with Crippen molar-refractivity contribution in [2.75, 3.05) is 18.5 Å². The summed E-state index contributed by atoms with van der Waals surface area (Å²) in [6.45, 7) is 2.00. The van der Waals surface area contributed by atoms with Gasteiger partial charge in [0.2, 0.25) is 11.8 Å². The average molecular weight is 619 g/mol. The van der Waals surface area contributed by atoms with Gasteiger partial charge in [0.05, 0.1) is 11.7 Å². The molecule has 3 heterocycles. The van der Waals surface area contributed by atoms with E-state index in [9.17, 15) is 24.0 Å². The number of fused-ring (bicyclic) bond motifs is 3. The number of rotatable bonds is 5. The van der Waals surface area contributed by atoms with Crippen LogP contribution in [0, 0.1) is 0 Å². The Labute approximate surface area is 258 Å². The lowest BCUT2D eigenvalue weighted by Crippen LogP contribution is -2.54. The molecule has 2 aliphatic heterocycles. The molecule has 0 radical (unpaired) electrons. The number of nitrogens with one attached hydrogen (secondary N) is 5. The summed E-state index contributed by atoms with van der Waals surface area (Å²) in [5.74, 6) is -1.64. The highest BCUT2D eigenvalue weighted by molar-refractivity contribution is 7.09. The average Bonchev–Trinajstić information content (AvgIpc) is 3.52. The van der Waals surface area contributed by atoms with Crippen molar-refractivity contribution in [2.24, 2.45) is 0 Å². The summed E-state index contributed by atoms with van der Waals surface area (Å²) in [6, 6.07) is 11.9. The first-order valence-electron chi connectivity index (χ1n) is 14.6. The molecule has 5 N–H and O–H groups in total.